The van der Waals surface area contributed by atoms with E-state index in [1.54, 1.807) is 0 Å². The Kier molecular flexibility index (Phi) is 4.59. The normalized spacial score (nSPS) is 23.7. The molecule has 3 rings (SSSR count). The predicted molar refractivity (Wildman–Crippen MR) is 81.4 cm³/mol. The van der Waals surface area contributed by atoms with Crippen molar-refractivity contribution in [3.05, 3.63) is 35.4 Å². The number of rotatable bonds is 4. The minimum atomic E-state index is -3.38. The first kappa shape index (κ1) is 15.0. The van der Waals surface area contributed by atoms with E-state index in [1.165, 1.54) is 15.4 Å². The van der Waals surface area contributed by atoms with Gasteiger partial charge in [0.2, 0.25) is 0 Å². The average Bonchev–Trinajstić information content (AvgIpc) is 2.54. The van der Waals surface area contributed by atoms with Gasteiger partial charge in [-0.2, -0.15) is 12.7 Å². The summed E-state index contributed by atoms with van der Waals surface area (Å²) >= 11 is 0. The lowest BCUT2D eigenvalue weighted by atomic mass is 9.83. The number of benzene rings is 1. The Labute approximate surface area is 126 Å². The fourth-order valence-electron chi connectivity index (χ4n) is 3.15. The average molecular weight is 310 g/mol. The number of fused-ring (bicyclic) bond motifs is 1. The molecule has 5 nitrogen and oxygen atoms in total. The van der Waals surface area contributed by atoms with Crippen LogP contribution in [0.3, 0.4) is 0 Å². The first-order valence-corrected chi connectivity index (χ1v) is 9.01. The highest BCUT2D eigenvalue weighted by molar-refractivity contribution is 7.87. The van der Waals surface area contributed by atoms with Crippen molar-refractivity contribution in [1.82, 2.24) is 9.03 Å². The van der Waals surface area contributed by atoms with Crippen LogP contribution in [0.4, 0.5) is 0 Å². The fourth-order valence-corrected chi connectivity index (χ4v) is 4.37. The molecule has 1 saturated heterocycles. The van der Waals surface area contributed by atoms with Crippen LogP contribution in [0.5, 0.6) is 0 Å². The van der Waals surface area contributed by atoms with Crippen molar-refractivity contribution in [3.63, 3.8) is 0 Å². The second-order valence-corrected chi connectivity index (χ2v) is 7.41. The van der Waals surface area contributed by atoms with E-state index < -0.39 is 10.2 Å². The summed E-state index contributed by atoms with van der Waals surface area (Å²) in [4.78, 5) is 0. The van der Waals surface area contributed by atoms with Crippen molar-refractivity contribution in [2.75, 3.05) is 32.8 Å². The molecular formula is C15H22N2O3S. The predicted octanol–water partition coefficient (Wildman–Crippen LogP) is 1.27. The molecule has 1 aromatic carbocycles. The molecule has 0 amide bonds. The SMILES string of the molecule is O=S(=O)(NCC1CCCc2ccccc21)N1CCOCC1. The van der Waals surface area contributed by atoms with E-state index in [9.17, 15) is 8.42 Å². The minimum absolute atomic E-state index is 0.283. The summed E-state index contributed by atoms with van der Waals surface area (Å²) in [5, 5.41) is 0. The van der Waals surface area contributed by atoms with Crippen LogP contribution in [0, 0.1) is 0 Å². The third-order valence-electron chi connectivity index (χ3n) is 4.32. The molecule has 0 spiro atoms. The molecule has 0 radical (unpaired) electrons. The van der Waals surface area contributed by atoms with Gasteiger partial charge in [-0.3, -0.25) is 0 Å². The molecule has 116 valence electrons. The monoisotopic (exact) mass is 310 g/mol. The minimum Gasteiger partial charge on any atom is -0.379 e. The van der Waals surface area contributed by atoms with Crippen molar-refractivity contribution in [2.45, 2.75) is 25.2 Å². The quantitative estimate of drug-likeness (QED) is 0.911. The number of hydrogen-bond acceptors (Lipinski definition) is 3. The van der Waals surface area contributed by atoms with E-state index in [0.717, 1.165) is 19.3 Å². The molecule has 0 aromatic heterocycles. The third kappa shape index (κ3) is 3.45. The van der Waals surface area contributed by atoms with Crippen LogP contribution in [-0.4, -0.2) is 45.6 Å². The summed E-state index contributed by atoms with van der Waals surface area (Å²) in [7, 11) is -3.38. The van der Waals surface area contributed by atoms with Crippen molar-refractivity contribution in [3.8, 4) is 0 Å². The van der Waals surface area contributed by atoms with E-state index in [-0.39, 0.29) is 5.92 Å². The number of aryl methyl sites for hydroxylation is 1. The summed E-state index contributed by atoms with van der Waals surface area (Å²) in [6.45, 7) is 2.32. The highest BCUT2D eigenvalue weighted by atomic mass is 32.2. The molecule has 0 bridgehead atoms. The maximum absolute atomic E-state index is 12.3. The Balaban J connectivity index is 1.65. The molecule has 1 atom stereocenters. The van der Waals surface area contributed by atoms with Gasteiger partial charge >= 0.3 is 0 Å². The third-order valence-corrected chi connectivity index (χ3v) is 5.89. The van der Waals surface area contributed by atoms with Gasteiger partial charge in [-0.15, -0.1) is 0 Å². The van der Waals surface area contributed by atoms with E-state index in [2.05, 4.69) is 22.9 Å². The summed E-state index contributed by atoms with van der Waals surface area (Å²) in [6, 6.07) is 8.37. The molecule has 1 unspecified atom stereocenters. The van der Waals surface area contributed by atoms with Gasteiger partial charge in [-0.05, 0) is 36.3 Å². The standard InChI is InChI=1S/C15H22N2O3S/c18-21(19,17-8-10-20-11-9-17)16-12-14-6-3-5-13-4-1-2-7-15(13)14/h1-2,4,7,14,16H,3,5-6,8-12H2. The van der Waals surface area contributed by atoms with Crippen molar-refractivity contribution < 1.29 is 13.2 Å². The van der Waals surface area contributed by atoms with Crippen molar-refractivity contribution in [2.24, 2.45) is 0 Å². The molecule has 1 fully saturated rings. The lowest BCUT2D eigenvalue weighted by molar-refractivity contribution is 0.0724. The zero-order valence-corrected chi connectivity index (χ0v) is 12.9. The second-order valence-electron chi connectivity index (χ2n) is 5.65. The first-order chi connectivity index (χ1) is 10.2. The second kappa shape index (κ2) is 6.44. The Bertz CT molecular complexity index is 582. The molecule has 1 aliphatic heterocycles. The Morgan fingerprint density at radius 3 is 2.81 bits per heavy atom. The molecule has 0 saturated carbocycles. The van der Waals surface area contributed by atoms with Gasteiger partial charge in [0.15, 0.2) is 0 Å². The smallest absolute Gasteiger partial charge is 0.279 e. The largest absolute Gasteiger partial charge is 0.379 e. The molecule has 1 N–H and O–H groups in total. The van der Waals surface area contributed by atoms with Crippen molar-refractivity contribution >= 4 is 10.2 Å². The molecule has 1 heterocycles. The Hall–Kier alpha value is -0.950. The van der Waals surface area contributed by atoms with E-state index in [1.807, 2.05) is 6.07 Å². The van der Waals surface area contributed by atoms with Gasteiger partial charge < -0.3 is 4.74 Å². The first-order valence-electron chi connectivity index (χ1n) is 7.57. The lowest BCUT2D eigenvalue weighted by Crippen LogP contribution is -2.47. The fraction of sp³-hybridized carbons (Fsp3) is 0.600. The summed E-state index contributed by atoms with van der Waals surface area (Å²) < 4.78 is 34.1. The summed E-state index contributed by atoms with van der Waals surface area (Å²) in [5.41, 5.74) is 2.66. The topological polar surface area (TPSA) is 58.6 Å². The van der Waals surface area contributed by atoms with Gasteiger partial charge in [-0.1, -0.05) is 24.3 Å². The van der Waals surface area contributed by atoms with Crippen LogP contribution in [0.2, 0.25) is 0 Å². The van der Waals surface area contributed by atoms with E-state index in [0.29, 0.717) is 32.8 Å². The number of nitrogens with one attached hydrogen (secondary N) is 1. The van der Waals surface area contributed by atoms with Crippen LogP contribution in [0.25, 0.3) is 0 Å². The Morgan fingerprint density at radius 2 is 2.00 bits per heavy atom. The highest BCUT2D eigenvalue weighted by Crippen LogP contribution is 2.30. The van der Waals surface area contributed by atoms with Crippen LogP contribution in [0.1, 0.15) is 29.9 Å². The summed E-state index contributed by atoms with van der Waals surface area (Å²) in [6.07, 6.45) is 3.27. The van der Waals surface area contributed by atoms with Crippen LogP contribution < -0.4 is 4.72 Å². The van der Waals surface area contributed by atoms with Crippen molar-refractivity contribution in [1.29, 1.82) is 0 Å². The van der Waals surface area contributed by atoms with E-state index in [4.69, 9.17) is 4.74 Å². The molecule has 21 heavy (non-hydrogen) atoms. The van der Waals surface area contributed by atoms with Crippen LogP contribution in [-0.2, 0) is 21.4 Å². The number of hydrogen-bond donors (Lipinski definition) is 1. The van der Waals surface area contributed by atoms with Gasteiger partial charge in [0.05, 0.1) is 13.2 Å². The lowest BCUT2D eigenvalue weighted by Gasteiger charge is -2.29. The zero-order chi connectivity index (χ0) is 14.7. The highest BCUT2D eigenvalue weighted by Gasteiger charge is 2.26. The van der Waals surface area contributed by atoms with Crippen LogP contribution in [0.15, 0.2) is 24.3 Å². The maximum Gasteiger partial charge on any atom is 0.279 e. The van der Waals surface area contributed by atoms with Crippen LogP contribution >= 0.6 is 0 Å². The molecule has 1 aliphatic carbocycles. The molecule has 6 heteroatoms. The number of ether oxygens (including phenoxy) is 1. The van der Waals surface area contributed by atoms with Gasteiger partial charge in [0.25, 0.3) is 10.2 Å². The molecular weight excluding hydrogens is 288 g/mol. The molecule has 1 aromatic rings. The number of nitrogens with zero attached hydrogens (tertiary/aromatic N) is 1. The van der Waals surface area contributed by atoms with E-state index >= 15 is 0 Å². The van der Waals surface area contributed by atoms with Gasteiger partial charge in [-0.25, -0.2) is 4.72 Å². The van der Waals surface area contributed by atoms with Gasteiger partial charge in [0.1, 0.15) is 0 Å². The Morgan fingerprint density at radius 1 is 1.24 bits per heavy atom. The maximum atomic E-state index is 12.3. The zero-order valence-electron chi connectivity index (χ0n) is 12.1. The molecule has 2 aliphatic rings. The number of morpholine rings is 1. The van der Waals surface area contributed by atoms with Gasteiger partial charge in [0, 0.05) is 19.6 Å². The summed E-state index contributed by atoms with van der Waals surface area (Å²) in [5.74, 6) is 0.283.